The molecule has 0 saturated heterocycles. The molecule has 0 aromatic heterocycles. The van der Waals surface area contributed by atoms with Gasteiger partial charge < -0.3 is 0 Å². The molecular formula is C13H16ClFO. The van der Waals surface area contributed by atoms with Gasteiger partial charge in [-0.3, -0.25) is 4.79 Å². The van der Waals surface area contributed by atoms with Gasteiger partial charge in [0, 0.05) is 6.42 Å². The van der Waals surface area contributed by atoms with Crippen LogP contribution in [0, 0.1) is 11.7 Å². The van der Waals surface area contributed by atoms with Gasteiger partial charge >= 0.3 is 0 Å². The number of carbonyl (C=O) groups is 1. The molecule has 1 nitrogen and oxygen atoms in total. The molecule has 0 aliphatic heterocycles. The van der Waals surface area contributed by atoms with Crippen molar-refractivity contribution in [2.24, 2.45) is 5.92 Å². The average molecular weight is 243 g/mol. The van der Waals surface area contributed by atoms with Gasteiger partial charge in [-0.2, -0.15) is 0 Å². The lowest BCUT2D eigenvalue weighted by atomic mass is 9.94. The number of hydrogen-bond acceptors (Lipinski definition) is 1. The van der Waals surface area contributed by atoms with Gasteiger partial charge in [-0.05, 0) is 18.1 Å². The summed E-state index contributed by atoms with van der Waals surface area (Å²) in [4.78, 5) is 11.9. The fourth-order valence-corrected chi connectivity index (χ4v) is 1.97. The van der Waals surface area contributed by atoms with Gasteiger partial charge in [0.2, 0.25) is 0 Å². The molecule has 88 valence electrons. The molecule has 0 heterocycles. The molecule has 0 bridgehead atoms. The first-order valence-corrected chi connectivity index (χ1v) is 5.95. The second-order valence-electron chi connectivity index (χ2n) is 3.91. The molecule has 0 fully saturated rings. The molecule has 0 spiro atoms. The highest BCUT2D eigenvalue weighted by molar-refractivity contribution is 6.34. The van der Waals surface area contributed by atoms with Crippen LogP contribution in [-0.4, -0.2) is 5.78 Å². The molecule has 1 rings (SSSR count). The number of hydrogen-bond donors (Lipinski definition) is 0. The highest BCUT2D eigenvalue weighted by atomic mass is 35.5. The van der Waals surface area contributed by atoms with Crippen LogP contribution >= 0.6 is 11.6 Å². The second kappa shape index (κ2) is 6.00. The lowest BCUT2D eigenvalue weighted by Gasteiger charge is -2.12. The minimum atomic E-state index is -0.525. The van der Waals surface area contributed by atoms with E-state index in [0.29, 0.717) is 12.3 Å². The van der Waals surface area contributed by atoms with E-state index in [-0.39, 0.29) is 16.4 Å². The lowest BCUT2D eigenvalue weighted by Crippen LogP contribution is -2.09. The summed E-state index contributed by atoms with van der Waals surface area (Å²) < 4.78 is 13.5. The molecule has 1 aromatic carbocycles. The van der Waals surface area contributed by atoms with Crippen LogP contribution in [0.15, 0.2) is 18.2 Å². The molecule has 0 amide bonds. The first-order valence-electron chi connectivity index (χ1n) is 5.57. The summed E-state index contributed by atoms with van der Waals surface area (Å²) >= 11 is 5.83. The molecule has 0 saturated carbocycles. The van der Waals surface area contributed by atoms with E-state index < -0.39 is 5.82 Å². The van der Waals surface area contributed by atoms with Crippen LogP contribution in [-0.2, 0) is 0 Å². The van der Waals surface area contributed by atoms with Gasteiger partial charge in [-0.25, -0.2) is 4.39 Å². The van der Waals surface area contributed by atoms with Gasteiger partial charge in [0.05, 0.1) is 10.6 Å². The van der Waals surface area contributed by atoms with Gasteiger partial charge in [0.15, 0.2) is 5.78 Å². The van der Waals surface area contributed by atoms with Gasteiger partial charge in [-0.15, -0.1) is 0 Å². The largest absolute Gasteiger partial charge is 0.294 e. The zero-order valence-electron chi connectivity index (χ0n) is 9.59. The highest BCUT2D eigenvalue weighted by Crippen LogP contribution is 2.23. The summed E-state index contributed by atoms with van der Waals surface area (Å²) in [5.41, 5.74) is 0.0380. The number of rotatable bonds is 5. The molecule has 0 radical (unpaired) electrons. The second-order valence-corrected chi connectivity index (χ2v) is 4.31. The smallest absolute Gasteiger partial charge is 0.167 e. The van der Waals surface area contributed by atoms with Crippen LogP contribution in [0.5, 0.6) is 0 Å². The van der Waals surface area contributed by atoms with Crippen LogP contribution in [0.1, 0.15) is 43.5 Å². The molecule has 16 heavy (non-hydrogen) atoms. The molecule has 0 N–H and O–H groups in total. The third-order valence-electron chi connectivity index (χ3n) is 2.87. The standard InChI is InChI=1S/C13H16ClFO/c1-3-9(4-2)8-12(16)13-10(14)6-5-7-11(13)15/h5-7,9H,3-4,8H2,1-2H3. The van der Waals surface area contributed by atoms with E-state index in [0.717, 1.165) is 12.8 Å². The van der Waals surface area contributed by atoms with Crippen molar-refractivity contribution in [2.45, 2.75) is 33.1 Å². The number of halogens is 2. The van der Waals surface area contributed by atoms with E-state index in [1.807, 2.05) is 13.8 Å². The van der Waals surface area contributed by atoms with E-state index in [9.17, 15) is 9.18 Å². The van der Waals surface area contributed by atoms with Gasteiger partial charge in [0.1, 0.15) is 5.82 Å². The van der Waals surface area contributed by atoms with Crippen molar-refractivity contribution in [3.05, 3.63) is 34.6 Å². The Morgan fingerprint density at radius 2 is 2.00 bits per heavy atom. The van der Waals surface area contributed by atoms with E-state index in [1.165, 1.54) is 12.1 Å². The summed E-state index contributed by atoms with van der Waals surface area (Å²) in [6.07, 6.45) is 2.22. The molecule has 0 atom stereocenters. The van der Waals surface area contributed by atoms with E-state index in [1.54, 1.807) is 6.07 Å². The molecule has 0 aliphatic rings. The van der Waals surface area contributed by atoms with Crippen molar-refractivity contribution in [3.63, 3.8) is 0 Å². The number of Topliss-reactive ketones (excluding diaryl/α,β-unsaturated/α-hetero) is 1. The van der Waals surface area contributed by atoms with Gasteiger partial charge in [0.25, 0.3) is 0 Å². The normalized spacial score (nSPS) is 10.8. The zero-order chi connectivity index (χ0) is 12.1. The fraction of sp³-hybridized carbons (Fsp3) is 0.462. The van der Waals surface area contributed by atoms with Crippen LogP contribution in [0.2, 0.25) is 5.02 Å². The Balaban J connectivity index is 2.88. The summed E-state index contributed by atoms with van der Waals surface area (Å²) in [6, 6.07) is 4.32. The Kier molecular flexibility index (Phi) is 4.94. The summed E-state index contributed by atoms with van der Waals surface area (Å²) in [7, 11) is 0. The zero-order valence-corrected chi connectivity index (χ0v) is 10.4. The Morgan fingerprint density at radius 3 is 2.50 bits per heavy atom. The summed E-state index contributed by atoms with van der Waals surface area (Å²) in [6.45, 7) is 4.06. The highest BCUT2D eigenvalue weighted by Gasteiger charge is 2.18. The summed E-state index contributed by atoms with van der Waals surface area (Å²) in [5, 5.41) is 0.205. The number of benzene rings is 1. The maximum atomic E-state index is 13.5. The van der Waals surface area contributed by atoms with E-state index >= 15 is 0 Å². The fourth-order valence-electron chi connectivity index (χ4n) is 1.71. The predicted molar refractivity (Wildman–Crippen MR) is 64.4 cm³/mol. The van der Waals surface area contributed by atoms with Crippen molar-refractivity contribution in [1.29, 1.82) is 0 Å². The predicted octanol–water partition coefficient (Wildman–Crippen LogP) is 4.49. The van der Waals surface area contributed by atoms with E-state index in [4.69, 9.17) is 11.6 Å². The van der Waals surface area contributed by atoms with Crippen molar-refractivity contribution < 1.29 is 9.18 Å². The van der Waals surface area contributed by atoms with Crippen LogP contribution in [0.25, 0.3) is 0 Å². The van der Waals surface area contributed by atoms with Crippen molar-refractivity contribution >= 4 is 17.4 Å². The van der Waals surface area contributed by atoms with Crippen molar-refractivity contribution in [1.82, 2.24) is 0 Å². The number of carbonyl (C=O) groups excluding carboxylic acids is 1. The number of ketones is 1. The third kappa shape index (κ3) is 3.05. The maximum Gasteiger partial charge on any atom is 0.167 e. The topological polar surface area (TPSA) is 17.1 Å². The molecule has 3 heteroatoms. The Hall–Kier alpha value is -0.890. The lowest BCUT2D eigenvalue weighted by molar-refractivity contribution is 0.0955. The maximum absolute atomic E-state index is 13.5. The Bertz CT molecular complexity index is 352. The Labute approximate surface area is 101 Å². The van der Waals surface area contributed by atoms with Crippen LogP contribution in [0.4, 0.5) is 4.39 Å². The van der Waals surface area contributed by atoms with Crippen molar-refractivity contribution in [3.8, 4) is 0 Å². The van der Waals surface area contributed by atoms with Crippen LogP contribution < -0.4 is 0 Å². The monoisotopic (exact) mass is 242 g/mol. The average Bonchev–Trinajstić information content (AvgIpc) is 2.25. The van der Waals surface area contributed by atoms with Gasteiger partial charge in [-0.1, -0.05) is 44.4 Å². The molecular weight excluding hydrogens is 227 g/mol. The van der Waals surface area contributed by atoms with Crippen molar-refractivity contribution in [2.75, 3.05) is 0 Å². The van der Waals surface area contributed by atoms with Crippen LogP contribution in [0.3, 0.4) is 0 Å². The SMILES string of the molecule is CCC(CC)CC(=O)c1c(F)cccc1Cl. The van der Waals surface area contributed by atoms with E-state index in [2.05, 4.69) is 0 Å². The first-order chi connectivity index (χ1) is 7.60. The molecule has 1 aromatic rings. The minimum Gasteiger partial charge on any atom is -0.294 e. The molecule has 0 unspecified atom stereocenters. The summed E-state index contributed by atoms with van der Waals surface area (Å²) in [5.74, 6) is -0.413. The quantitative estimate of drug-likeness (QED) is 0.696. The minimum absolute atomic E-state index is 0.0380. The first kappa shape index (κ1) is 13.2. The third-order valence-corrected chi connectivity index (χ3v) is 3.19. The molecule has 0 aliphatic carbocycles. The Morgan fingerprint density at radius 1 is 1.38 bits per heavy atom.